The van der Waals surface area contributed by atoms with Crippen LogP contribution in [0, 0.1) is 34.0 Å². The summed E-state index contributed by atoms with van der Waals surface area (Å²) in [6, 6.07) is 0. The first-order chi connectivity index (χ1) is 11.2. The summed E-state index contributed by atoms with van der Waals surface area (Å²) in [5, 5.41) is 9.97. The van der Waals surface area contributed by atoms with Gasteiger partial charge in [0.05, 0.1) is 5.41 Å². The lowest BCUT2D eigenvalue weighted by Gasteiger charge is -2.65. The van der Waals surface area contributed by atoms with Crippen molar-refractivity contribution >= 4 is 5.97 Å². The van der Waals surface area contributed by atoms with Crippen LogP contribution in [-0.2, 0) is 4.79 Å². The molecule has 2 heteroatoms. The maximum Gasteiger partial charge on any atom is 0.309 e. The van der Waals surface area contributed by atoms with E-state index in [-0.39, 0.29) is 5.41 Å². The first-order valence-electron chi connectivity index (χ1n) is 10.1. The van der Waals surface area contributed by atoms with Gasteiger partial charge in [-0.05, 0) is 87.4 Å². The molecule has 0 saturated heterocycles. The molecule has 1 N–H and O–H groups in total. The Bertz CT molecular complexity index is 538. The lowest BCUT2D eigenvalue weighted by atomic mass is 9.39. The zero-order valence-electron chi connectivity index (χ0n) is 16.2. The van der Waals surface area contributed by atoms with E-state index in [1.54, 1.807) is 0 Å². The fourth-order valence-corrected chi connectivity index (χ4v) is 7.37. The van der Waals surface area contributed by atoms with Crippen LogP contribution in [0.3, 0.4) is 0 Å². The van der Waals surface area contributed by atoms with Crippen LogP contribution in [-0.4, -0.2) is 11.1 Å². The van der Waals surface area contributed by atoms with Crippen molar-refractivity contribution in [1.29, 1.82) is 0 Å². The number of carboxylic acids is 1. The summed E-state index contributed by atoms with van der Waals surface area (Å²) >= 11 is 0. The quantitative estimate of drug-likeness (QED) is 0.637. The average molecular weight is 333 g/mol. The molecule has 0 aliphatic heterocycles. The van der Waals surface area contributed by atoms with Crippen molar-refractivity contribution < 1.29 is 9.90 Å². The Hall–Kier alpha value is -0.790. The van der Waals surface area contributed by atoms with Gasteiger partial charge in [-0.15, -0.1) is 0 Å². The second-order valence-electron chi connectivity index (χ2n) is 9.77. The van der Waals surface area contributed by atoms with Gasteiger partial charge in [-0.25, -0.2) is 0 Å². The molecule has 3 aliphatic carbocycles. The number of carbonyl (C=O) groups is 1. The van der Waals surface area contributed by atoms with E-state index < -0.39 is 11.4 Å². The van der Waals surface area contributed by atoms with E-state index in [1.807, 2.05) is 6.92 Å². The van der Waals surface area contributed by atoms with Gasteiger partial charge >= 0.3 is 5.97 Å². The van der Waals surface area contributed by atoms with Gasteiger partial charge in [0.1, 0.15) is 0 Å². The van der Waals surface area contributed by atoms with Crippen LogP contribution in [0.15, 0.2) is 12.2 Å². The van der Waals surface area contributed by atoms with Crippen LogP contribution < -0.4 is 0 Å². The van der Waals surface area contributed by atoms with Crippen LogP contribution in [0.5, 0.6) is 0 Å². The molecule has 24 heavy (non-hydrogen) atoms. The Morgan fingerprint density at radius 2 is 1.83 bits per heavy atom. The first kappa shape index (κ1) is 18.0. The van der Waals surface area contributed by atoms with Gasteiger partial charge in [-0.1, -0.05) is 38.8 Å². The molecule has 3 rings (SSSR count). The topological polar surface area (TPSA) is 37.3 Å². The third-order valence-electron chi connectivity index (χ3n) is 8.79. The molecule has 2 nitrogen and oxygen atoms in total. The van der Waals surface area contributed by atoms with E-state index >= 15 is 0 Å². The highest BCUT2D eigenvalue weighted by Crippen LogP contribution is 2.69. The van der Waals surface area contributed by atoms with Crippen molar-refractivity contribution in [3.63, 3.8) is 0 Å². The summed E-state index contributed by atoms with van der Waals surface area (Å²) < 4.78 is 0. The Kier molecular flexibility index (Phi) is 4.42. The maximum atomic E-state index is 12.1. The van der Waals surface area contributed by atoms with Crippen molar-refractivity contribution in [2.24, 2.45) is 34.0 Å². The SMILES string of the molecule is C=C(C)C1CCC2C(CC)(CCC3C(C)(C(=O)O)CCCC23C)C1. The van der Waals surface area contributed by atoms with Crippen LogP contribution in [0.1, 0.15) is 85.5 Å². The zero-order chi connectivity index (χ0) is 17.8. The minimum absolute atomic E-state index is 0.208. The molecular weight excluding hydrogens is 296 g/mol. The molecule has 0 aromatic heterocycles. The highest BCUT2D eigenvalue weighted by molar-refractivity contribution is 5.75. The van der Waals surface area contributed by atoms with E-state index in [2.05, 4.69) is 27.4 Å². The third kappa shape index (κ3) is 2.39. The van der Waals surface area contributed by atoms with Crippen molar-refractivity contribution in [2.45, 2.75) is 85.5 Å². The number of fused-ring (bicyclic) bond motifs is 3. The van der Waals surface area contributed by atoms with E-state index in [9.17, 15) is 9.90 Å². The number of hydrogen-bond acceptors (Lipinski definition) is 1. The molecule has 0 spiro atoms. The molecule has 6 unspecified atom stereocenters. The minimum atomic E-state index is -0.557. The molecule has 0 bridgehead atoms. The number of hydrogen-bond donors (Lipinski definition) is 1. The van der Waals surface area contributed by atoms with Gasteiger partial charge in [0, 0.05) is 0 Å². The smallest absolute Gasteiger partial charge is 0.309 e. The van der Waals surface area contributed by atoms with E-state index in [1.165, 1.54) is 44.1 Å². The van der Waals surface area contributed by atoms with Crippen LogP contribution in [0.25, 0.3) is 0 Å². The first-order valence-corrected chi connectivity index (χ1v) is 10.1. The predicted octanol–water partition coefficient (Wildman–Crippen LogP) is 6.07. The van der Waals surface area contributed by atoms with Crippen molar-refractivity contribution in [1.82, 2.24) is 0 Å². The molecule has 3 aliphatic rings. The highest BCUT2D eigenvalue weighted by Gasteiger charge is 2.62. The summed E-state index contributed by atoms with van der Waals surface area (Å²) in [5.41, 5.74) is 1.47. The standard InChI is InChI=1S/C22H36O2/c1-6-22-13-10-17-20(4,11-7-12-21(17,5)19(23)24)18(22)9-8-16(14-22)15(2)3/h16-18H,2,6-14H2,1,3-5H3,(H,23,24). The van der Waals surface area contributed by atoms with Gasteiger partial charge in [0.2, 0.25) is 0 Å². The Morgan fingerprint density at radius 1 is 1.12 bits per heavy atom. The molecule has 136 valence electrons. The zero-order valence-corrected chi connectivity index (χ0v) is 16.2. The molecule has 3 saturated carbocycles. The molecule has 3 fully saturated rings. The molecular formula is C22H36O2. The summed E-state index contributed by atoms with van der Waals surface area (Å²) in [4.78, 5) is 12.1. The second kappa shape index (κ2) is 5.88. The number of aliphatic carboxylic acids is 1. The summed E-state index contributed by atoms with van der Waals surface area (Å²) in [6.45, 7) is 13.3. The second-order valence-corrected chi connectivity index (χ2v) is 9.77. The normalized spacial score (nSPS) is 48.2. The fourth-order valence-electron chi connectivity index (χ4n) is 7.37. The third-order valence-corrected chi connectivity index (χ3v) is 8.79. The van der Waals surface area contributed by atoms with E-state index in [0.29, 0.717) is 23.2 Å². The largest absolute Gasteiger partial charge is 0.481 e. The Balaban J connectivity index is 1.98. The van der Waals surface area contributed by atoms with E-state index in [4.69, 9.17) is 0 Å². The molecule has 0 aromatic rings. The van der Waals surface area contributed by atoms with Gasteiger partial charge in [0.25, 0.3) is 0 Å². The molecule has 0 aromatic carbocycles. The van der Waals surface area contributed by atoms with Crippen LogP contribution in [0.4, 0.5) is 0 Å². The van der Waals surface area contributed by atoms with Crippen LogP contribution in [0.2, 0.25) is 0 Å². The van der Waals surface area contributed by atoms with Crippen molar-refractivity contribution in [2.75, 3.05) is 0 Å². The summed E-state index contributed by atoms with van der Waals surface area (Å²) in [5.74, 6) is 1.17. The Morgan fingerprint density at radius 3 is 2.42 bits per heavy atom. The Labute approximate surface area is 148 Å². The highest BCUT2D eigenvalue weighted by atomic mass is 16.4. The fraction of sp³-hybridized carbons (Fsp3) is 0.864. The average Bonchev–Trinajstić information content (AvgIpc) is 2.53. The van der Waals surface area contributed by atoms with Crippen molar-refractivity contribution in [3.8, 4) is 0 Å². The molecule has 0 radical (unpaired) electrons. The van der Waals surface area contributed by atoms with Gasteiger partial charge in [0.15, 0.2) is 0 Å². The van der Waals surface area contributed by atoms with E-state index in [0.717, 1.165) is 19.3 Å². The molecule has 0 amide bonds. The van der Waals surface area contributed by atoms with Gasteiger partial charge in [-0.3, -0.25) is 4.79 Å². The number of carboxylic acid groups (broad SMARTS) is 1. The number of rotatable bonds is 3. The number of allylic oxidation sites excluding steroid dienone is 1. The maximum absolute atomic E-state index is 12.1. The lowest BCUT2D eigenvalue weighted by Crippen LogP contribution is -2.59. The lowest BCUT2D eigenvalue weighted by molar-refractivity contribution is -0.185. The van der Waals surface area contributed by atoms with Gasteiger partial charge in [-0.2, -0.15) is 0 Å². The summed E-state index contributed by atoms with van der Waals surface area (Å²) in [6.07, 6.45) is 10.6. The van der Waals surface area contributed by atoms with Gasteiger partial charge < -0.3 is 5.11 Å². The molecule has 0 heterocycles. The monoisotopic (exact) mass is 332 g/mol. The minimum Gasteiger partial charge on any atom is -0.481 e. The molecule has 6 atom stereocenters. The summed E-state index contributed by atoms with van der Waals surface area (Å²) in [7, 11) is 0. The predicted molar refractivity (Wildman–Crippen MR) is 98.8 cm³/mol. The van der Waals surface area contributed by atoms with Crippen molar-refractivity contribution in [3.05, 3.63) is 12.2 Å². The van der Waals surface area contributed by atoms with Crippen LogP contribution >= 0.6 is 0 Å².